The van der Waals surface area contributed by atoms with Crippen LogP contribution in [0.25, 0.3) is 10.9 Å². The number of nitrogens with one attached hydrogen (secondary N) is 2. The van der Waals surface area contributed by atoms with E-state index in [1.54, 1.807) is 11.3 Å². The summed E-state index contributed by atoms with van der Waals surface area (Å²) in [5.74, 6) is -0.644. The Morgan fingerprint density at radius 2 is 1.97 bits per heavy atom. The van der Waals surface area contributed by atoms with Crippen LogP contribution in [0.3, 0.4) is 0 Å². The summed E-state index contributed by atoms with van der Waals surface area (Å²) in [6, 6.07) is 7.23. The number of nitrogens with zero attached hydrogens (tertiary/aromatic N) is 2. The molecular formula is C20H22F3N5O2S. The number of alkyl halides is 3. The lowest BCUT2D eigenvalue weighted by molar-refractivity contribution is -0.136. The molecule has 4 N–H and O–H groups in total. The van der Waals surface area contributed by atoms with Crippen LogP contribution in [0.15, 0.2) is 35.3 Å². The Bertz CT molecular complexity index is 1120. The summed E-state index contributed by atoms with van der Waals surface area (Å²) in [7, 11) is 5.31. The highest BCUT2D eigenvalue weighted by molar-refractivity contribution is 7.11. The molecule has 0 fully saturated rings. The van der Waals surface area contributed by atoms with Crippen LogP contribution in [-0.4, -0.2) is 42.9 Å². The Morgan fingerprint density at radius 3 is 2.61 bits per heavy atom. The van der Waals surface area contributed by atoms with Gasteiger partial charge in [0.1, 0.15) is 18.1 Å². The number of halogens is 3. The number of hydrogen-bond donors (Lipinski definition) is 3. The summed E-state index contributed by atoms with van der Waals surface area (Å²) in [6.07, 6.45) is -4.59. The number of H-pyrrole nitrogens is 1. The number of aliphatic imine (C=N–C) groups is 1. The van der Waals surface area contributed by atoms with Crippen molar-refractivity contribution in [2.75, 3.05) is 21.1 Å². The zero-order chi connectivity index (χ0) is 22.8. The number of fused-ring (bicyclic) bond motifs is 1. The first kappa shape index (κ1) is 22.6. The minimum Gasteiger partial charge on any atom is -0.486 e. The minimum absolute atomic E-state index is 0.0806. The predicted octanol–water partition coefficient (Wildman–Crippen LogP) is 3.56. The lowest BCUT2D eigenvalue weighted by Crippen LogP contribution is -2.36. The molecule has 0 atom stereocenters. The van der Waals surface area contributed by atoms with E-state index in [-0.39, 0.29) is 34.9 Å². The molecule has 0 aliphatic carbocycles. The number of amides is 1. The molecule has 0 saturated carbocycles. The van der Waals surface area contributed by atoms with E-state index in [1.807, 2.05) is 31.1 Å². The Kier molecular flexibility index (Phi) is 6.56. The van der Waals surface area contributed by atoms with E-state index in [0.29, 0.717) is 0 Å². The molecule has 0 unspecified atom stereocenters. The number of ether oxygens (including phenoxy) is 1. The van der Waals surface area contributed by atoms with E-state index in [9.17, 15) is 18.0 Å². The quantitative estimate of drug-likeness (QED) is 0.393. The third kappa shape index (κ3) is 5.36. The number of hydrogen-bond acceptors (Lipinski definition) is 5. The molecule has 11 heteroatoms. The molecule has 0 saturated heterocycles. The van der Waals surface area contributed by atoms with E-state index in [2.05, 4.69) is 15.3 Å². The highest BCUT2D eigenvalue weighted by Crippen LogP contribution is 2.39. The first-order valence-corrected chi connectivity index (χ1v) is 10.0. The van der Waals surface area contributed by atoms with E-state index >= 15 is 0 Å². The molecular weight excluding hydrogens is 431 g/mol. The van der Waals surface area contributed by atoms with Crippen molar-refractivity contribution in [3.63, 3.8) is 0 Å². The second-order valence-electron chi connectivity index (χ2n) is 7.04. The molecule has 0 aliphatic heterocycles. The smallest absolute Gasteiger partial charge is 0.417 e. The molecule has 0 bridgehead atoms. The molecule has 0 radical (unpaired) electrons. The van der Waals surface area contributed by atoms with E-state index < -0.39 is 17.6 Å². The Hall–Kier alpha value is -3.05. The van der Waals surface area contributed by atoms with Gasteiger partial charge < -0.3 is 20.4 Å². The van der Waals surface area contributed by atoms with Crippen molar-refractivity contribution in [3.8, 4) is 5.75 Å². The average molecular weight is 453 g/mol. The van der Waals surface area contributed by atoms with Crippen molar-refractivity contribution < 1.29 is 22.7 Å². The maximum absolute atomic E-state index is 13.5. The second kappa shape index (κ2) is 8.98. The fraction of sp³-hybridized carbons (Fsp3) is 0.300. The summed E-state index contributed by atoms with van der Waals surface area (Å²) in [5.41, 5.74) is 4.60. The van der Waals surface area contributed by atoms with Gasteiger partial charge in [0, 0.05) is 28.7 Å². The first-order chi connectivity index (χ1) is 14.6. The van der Waals surface area contributed by atoms with Gasteiger partial charge in [-0.2, -0.15) is 13.2 Å². The monoisotopic (exact) mass is 453 g/mol. The maximum atomic E-state index is 13.5. The Morgan fingerprint density at radius 1 is 1.26 bits per heavy atom. The molecule has 31 heavy (non-hydrogen) atoms. The zero-order valence-corrected chi connectivity index (χ0v) is 17.9. The summed E-state index contributed by atoms with van der Waals surface area (Å²) in [4.78, 5) is 22.7. The van der Waals surface area contributed by atoms with E-state index in [0.717, 1.165) is 28.4 Å². The third-order valence-electron chi connectivity index (χ3n) is 4.35. The van der Waals surface area contributed by atoms with Gasteiger partial charge in [-0.1, -0.05) is 0 Å². The molecule has 1 amide bonds. The number of carbonyl (C=O) groups is 1. The maximum Gasteiger partial charge on any atom is 0.417 e. The topological polar surface area (TPSA) is 95.7 Å². The van der Waals surface area contributed by atoms with Crippen LogP contribution in [0.2, 0.25) is 0 Å². The van der Waals surface area contributed by atoms with Crippen LogP contribution < -0.4 is 15.8 Å². The molecule has 0 aliphatic rings. The fourth-order valence-corrected chi connectivity index (χ4v) is 4.02. The number of guanidine groups is 1. The standard InChI is InChI=1S/C20H22F3N5O2S/c1-25-19(24)27-18(29)15-8-13-14(20(21,22)23)6-7-16(17(13)26-15)30-10-12-5-4-11(31-12)9-28(2)3/h4-8,26H,9-10H2,1-3H3,(H3,24,25,27,29). The van der Waals surface area contributed by atoms with Crippen LogP contribution >= 0.6 is 11.3 Å². The number of aromatic nitrogens is 1. The molecule has 1 aromatic carbocycles. The van der Waals surface area contributed by atoms with Gasteiger partial charge in [0.25, 0.3) is 5.91 Å². The van der Waals surface area contributed by atoms with Crippen molar-refractivity contribution in [3.05, 3.63) is 51.3 Å². The number of aromatic amines is 1. The highest BCUT2D eigenvalue weighted by atomic mass is 32.1. The molecule has 166 valence electrons. The highest BCUT2D eigenvalue weighted by Gasteiger charge is 2.34. The van der Waals surface area contributed by atoms with E-state index in [4.69, 9.17) is 10.5 Å². The molecule has 7 nitrogen and oxygen atoms in total. The zero-order valence-electron chi connectivity index (χ0n) is 17.1. The normalized spacial score (nSPS) is 12.5. The number of carbonyl (C=O) groups excluding carboxylic acids is 1. The Balaban J connectivity index is 1.92. The SMILES string of the molecule is CN=C(N)NC(=O)c1cc2c(C(F)(F)F)ccc(OCc3ccc(CN(C)C)s3)c2[nH]1. The minimum atomic E-state index is -4.59. The van der Waals surface area contributed by atoms with Crippen LogP contribution in [-0.2, 0) is 19.3 Å². The van der Waals surface area contributed by atoms with Crippen molar-refractivity contribution in [2.45, 2.75) is 19.3 Å². The summed E-state index contributed by atoms with van der Waals surface area (Å²) >= 11 is 1.56. The van der Waals surface area contributed by atoms with Crippen molar-refractivity contribution in [1.29, 1.82) is 0 Å². The van der Waals surface area contributed by atoms with Gasteiger partial charge in [0.2, 0.25) is 0 Å². The van der Waals surface area contributed by atoms with Gasteiger partial charge in [-0.05, 0) is 44.4 Å². The molecule has 2 heterocycles. The Labute approximate surface area is 180 Å². The van der Waals surface area contributed by atoms with E-state index in [1.165, 1.54) is 13.1 Å². The van der Waals surface area contributed by atoms with Gasteiger partial charge >= 0.3 is 6.18 Å². The molecule has 0 spiro atoms. The molecule has 2 aromatic heterocycles. The predicted molar refractivity (Wildman–Crippen MR) is 114 cm³/mol. The fourth-order valence-electron chi connectivity index (χ4n) is 2.97. The number of benzene rings is 1. The van der Waals surface area contributed by atoms with Gasteiger partial charge in [-0.25, -0.2) is 0 Å². The van der Waals surface area contributed by atoms with Crippen molar-refractivity contribution >= 4 is 34.1 Å². The van der Waals surface area contributed by atoms with Crippen LogP contribution in [0, 0.1) is 0 Å². The second-order valence-corrected chi connectivity index (χ2v) is 8.29. The van der Waals surface area contributed by atoms with Gasteiger partial charge in [0.15, 0.2) is 5.96 Å². The van der Waals surface area contributed by atoms with Gasteiger partial charge in [0.05, 0.1) is 11.1 Å². The molecule has 3 aromatic rings. The lowest BCUT2D eigenvalue weighted by Gasteiger charge is -2.11. The van der Waals surface area contributed by atoms with Crippen LogP contribution in [0.1, 0.15) is 25.8 Å². The van der Waals surface area contributed by atoms with Gasteiger partial charge in [-0.3, -0.25) is 15.1 Å². The van der Waals surface area contributed by atoms with Crippen LogP contribution in [0.4, 0.5) is 13.2 Å². The number of nitrogens with two attached hydrogens (primary N) is 1. The number of thiophene rings is 1. The first-order valence-electron chi connectivity index (χ1n) is 9.20. The average Bonchev–Trinajstić information content (AvgIpc) is 3.31. The molecule has 3 rings (SSSR count). The largest absolute Gasteiger partial charge is 0.486 e. The van der Waals surface area contributed by atoms with Gasteiger partial charge in [-0.15, -0.1) is 11.3 Å². The van der Waals surface area contributed by atoms with Crippen molar-refractivity contribution in [2.24, 2.45) is 10.7 Å². The third-order valence-corrected chi connectivity index (χ3v) is 5.39. The summed E-state index contributed by atoms with van der Waals surface area (Å²) < 4.78 is 46.3. The van der Waals surface area contributed by atoms with Crippen LogP contribution in [0.5, 0.6) is 5.75 Å². The lowest BCUT2D eigenvalue weighted by atomic mass is 10.1. The summed E-state index contributed by atoms with van der Waals surface area (Å²) in [5, 5.41) is 2.13. The van der Waals surface area contributed by atoms with Crippen molar-refractivity contribution in [1.82, 2.24) is 15.2 Å². The number of rotatable bonds is 6. The summed E-state index contributed by atoms with van der Waals surface area (Å²) in [6.45, 7) is 0.975.